The number of rotatable bonds is 3. The van der Waals surface area contributed by atoms with E-state index in [1.807, 2.05) is 12.1 Å². The fraction of sp³-hybridized carbons (Fsp3) is 0.188. The van der Waals surface area contributed by atoms with Gasteiger partial charge >= 0.3 is 0 Å². The van der Waals surface area contributed by atoms with Gasteiger partial charge in [-0.1, -0.05) is 34.8 Å². The van der Waals surface area contributed by atoms with Gasteiger partial charge in [0.15, 0.2) is 0 Å². The fourth-order valence-corrected chi connectivity index (χ4v) is 3.08. The lowest BCUT2D eigenvalue weighted by Crippen LogP contribution is -2.14. The molecule has 1 saturated carbocycles. The van der Waals surface area contributed by atoms with Crippen molar-refractivity contribution in [2.75, 3.05) is 5.32 Å². The van der Waals surface area contributed by atoms with E-state index in [0.717, 1.165) is 17.7 Å². The Morgan fingerprint density at radius 2 is 1.57 bits per heavy atom. The molecular formula is C16H12Cl3NO. The summed E-state index contributed by atoms with van der Waals surface area (Å²) in [5, 5.41) is 4.74. The summed E-state index contributed by atoms with van der Waals surface area (Å²) >= 11 is 17.8. The van der Waals surface area contributed by atoms with Crippen LogP contribution in [0.5, 0.6) is 0 Å². The summed E-state index contributed by atoms with van der Waals surface area (Å²) in [6.07, 6.45) is 0.816. The molecule has 1 aliphatic carbocycles. The van der Waals surface area contributed by atoms with Crippen LogP contribution in [-0.4, -0.2) is 5.91 Å². The van der Waals surface area contributed by atoms with Gasteiger partial charge in [-0.05, 0) is 60.4 Å². The van der Waals surface area contributed by atoms with Crippen molar-refractivity contribution >= 4 is 46.4 Å². The third-order valence-corrected chi connectivity index (χ3v) is 4.24. The van der Waals surface area contributed by atoms with Crippen LogP contribution >= 0.6 is 34.8 Å². The minimum Gasteiger partial charge on any atom is -0.326 e. The average molecular weight is 341 g/mol. The smallest absolute Gasteiger partial charge is 0.228 e. The zero-order valence-corrected chi connectivity index (χ0v) is 13.2. The molecule has 0 spiro atoms. The van der Waals surface area contributed by atoms with Gasteiger partial charge in [0.05, 0.1) is 0 Å². The molecule has 0 aromatic heterocycles. The zero-order chi connectivity index (χ0) is 15.0. The van der Waals surface area contributed by atoms with Gasteiger partial charge < -0.3 is 5.32 Å². The van der Waals surface area contributed by atoms with Crippen molar-refractivity contribution in [3.05, 3.63) is 63.1 Å². The summed E-state index contributed by atoms with van der Waals surface area (Å²) in [6.45, 7) is 0. The molecule has 0 heterocycles. The maximum atomic E-state index is 12.2. The SMILES string of the molecule is O=C(Nc1ccc(Cl)cc1)[C@@H]1C[C@@H]1c1cc(Cl)cc(Cl)c1. The monoisotopic (exact) mass is 339 g/mol. The summed E-state index contributed by atoms with van der Waals surface area (Å²) in [4.78, 5) is 12.2. The molecule has 1 aliphatic rings. The normalized spacial score (nSPS) is 20.1. The fourth-order valence-electron chi connectivity index (χ4n) is 2.41. The molecule has 0 saturated heterocycles. The molecular weight excluding hydrogens is 329 g/mol. The Labute approximate surface area is 138 Å². The molecule has 1 fully saturated rings. The largest absolute Gasteiger partial charge is 0.326 e. The highest BCUT2D eigenvalue weighted by Crippen LogP contribution is 2.49. The van der Waals surface area contributed by atoms with Gasteiger partial charge in [-0.2, -0.15) is 0 Å². The number of halogens is 3. The molecule has 1 N–H and O–H groups in total. The second kappa shape index (κ2) is 5.88. The minimum absolute atomic E-state index is 0.0124. The van der Waals surface area contributed by atoms with E-state index in [1.54, 1.807) is 30.3 Å². The van der Waals surface area contributed by atoms with Crippen molar-refractivity contribution in [3.8, 4) is 0 Å². The van der Waals surface area contributed by atoms with Gasteiger partial charge in [0, 0.05) is 26.7 Å². The molecule has 2 atom stereocenters. The lowest BCUT2D eigenvalue weighted by atomic mass is 10.1. The highest BCUT2D eigenvalue weighted by molar-refractivity contribution is 6.34. The highest BCUT2D eigenvalue weighted by Gasteiger charge is 2.44. The molecule has 108 valence electrons. The van der Waals surface area contributed by atoms with Gasteiger partial charge in [0.1, 0.15) is 0 Å². The molecule has 5 heteroatoms. The van der Waals surface area contributed by atoms with Crippen LogP contribution in [0, 0.1) is 5.92 Å². The van der Waals surface area contributed by atoms with E-state index >= 15 is 0 Å². The molecule has 2 aromatic carbocycles. The molecule has 0 bridgehead atoms. The van der Waals surface area contributed by atoms with E-state index < -0.39 is 0 Å². The van der Waals surface area contributed by atoms with Crippen LogP contribution in [0.4, 0.5) is 5.69 Å². The lowest BCUT2D eigenvalue weighted by Gasteiger charge is -2.06. The third-order valence-electron chi connectivity index (χ3n) is 3.55. The van der Waals surface area contributed by atoms with E-state index in [2.05, 4.69) is 5.32 Å². The van der Waals surface area contributed by atoms with Crippen LogP contribution in [0.1, 0.15) is 17.9 Å². The first-order chi connectivity index (χ1) is 10.0. The Balaban J connectivity index is 1.67. The lowest BCUT2D eigenvalue weighted by molar-refractivity contribution is -0.117. The molecule has 2 nitrogen and oxygen atoms in total. The number of carbonyl (C=O) groups excluding carboxylic acids is 1. The van der Waals surface area contributed by atoms with Gasteiger partial charge in [-0.25, -0.2) is 0 Å². The Morgan fingerprint density at radius 3 is 2.19 bits per heavy atom. The van der Waals surface area contributed by atoms with E-state index in [4.69, 9.17) is 34.8 Å². The molecule has 3 rings (SSSR count). The Hall–Kier alpha value is -1.22. The number of amides is 1. The van der Waals surface area contributed by atoms with Gasteiger partial charge in [-0.3, -0.25) is 4.79 Å². The van der Waals surface area contributed by atoms with Crippen LogP contribution < -0.4 is 5.32 Å². The number of hydrogen-bond acceptors (Lipinski definition) is 1. The van der Waals surface area contributed by atoms with Gasteiger partial charge in [0.25, 0.3) is 0 Å². The second-order valence-corrected chi connectivity index (χ2v) is 6.46. The van der Waals surface area contributed by atoms with Crippen LogP contribution in [0.3, 0.4) is 0 Å². The van der Waals surface area contributed by atoms with Gasteiger partial charge in [0.2, 0.25) is 5.91 Å². The van der Waals surface area contributed by atoms with Crippen LogP contribution in [0.25, 0.3) is 0 Å². The Morgan fingerprint density at radius 1 is 0.952 bits per heavy atom. The van der Waals surface area contributed by atoms with Crippen LogP contribution in [0.15, 0.2) is 42.5 Å². The second-order valence-electron chi connectivity index (χ2n) is 5.15. The van der Waals surface area contributed by atoms with E-state index in [1.165, 1.54) is 0 Å². The van der Waals surface area contributed by atoms with E-state index in [0.29, 0.717) is 15.1 Å². The molecule has 1 amide bonds. The quantitative estimate of drug-likeness (QED) is 0.797. The number of carbonyl (C=O) groups is 1. The summed E-state index contributed by atoms with van der Waals surface area (Å²) in [7, 11) is 0. The predicted octanol–water partition coefficient (Wildman–Crippen LogP) is 5.39. The third kappa shape index (κ3) is 3.52. The zero-order valence-electron chi connectivity index (χ0n) is 10.9. The number of anilines is 1. The molecule has 2 aromatic rings. The van der Waals surface area contributed by atoms with Crippen LogP contribution in [0.2, 0.25) is 15.1 Å². The maximum Gasteiger partial charge on any atom is 0.228 e. The van der Waals surface area contributed by atoms with Crippen molar-refractivity contribution in [1.82, 2.24) is 0 Å². The standard InChI is InChI=1S/C16H12Cl3NO/c17-10-1-3-13(4-2-10)20-16(21)15-8-14(15)9-5-11(18)7-12(19)6-9/h1-7,14-15H,8H2,(H,20,21)/t14-,15-/m1/s1. The Bertz CT molecular complexity index is 664. The highest BCUT2D eigenvalue weighted by atomic mass is 35.5. The summed E-state index contributed by atoms with van der Waals surface area (Å²) < 4.78 is 0. The first-order valence-electron chi connectivity index (χ1n) is 6.55. The van der Waals surface area contributed by atoms with Crippen molar-refractivity contribution in [1.29, 1.82) is 0 Å². The molecule has 0 unspecified atom stereocenters. The van der Waals surface area contributed by atoms with Crippen LogP contribution in [-0.2, 0) is 4.79 Å². The first kappa shape index (κ1) is 14.7. The predicted molar refractivity (Wildman–Crippen MR) is 87.4 cm³/mol. The maximum absolute atomic E-state index is 12.2. The summed E-state index contributed by atoms with van der Waals surface area (Å²) in [5.74, 6) is 0.169. The van der Waals surface area contributed by atoms with E-state index in [-0.39, 0.29) is 17.7 Å². The van der Waals surface area contributed by atoms with Crippen molar-refractivity contribution in [2.45, 2.75) is 12.3 Å². The Kier molecular flexibility index (Phi) is 4.12. The molecule has 0 aliphatic heterocycles. The number of nitrogens with one attached hydrogen (secondary N) is 1. The molecule has 21 heavy (non-hydrogen) atoms. The van der Waals surface area contributed by atoms with Crippen molar-refractivity contribution in [2.24, 2.45) is 5.92 Å². The number of hydrogen-bond donors (Lipinski definition) is 1. The van der Waals surface area contributed by atoms with Crippen molar-refractivity contribution in [3.63, 3.8) is 0 Å². The minimum atomic E-state index is -0.0322. The topological polar surface area (TPSA) is 29.1 Å². The van der Waals surface area contributed by atoms with Crippen molar-refractivity contribution < 1.29 is 4.79 Å². The summed E-state index contributed by atoms with van der Waals surface area (Å²) in [6, 6.07) is 12.5. The molecule has 0 radical (unpaired) electrons. The van der Waals surface area contributed by atoms with Gasteiger partial charge in [-0.15, -0.1) is 0 Å². The summed E-state index contributed by atoms with van der Waals surface area (Å²) in [5.41, 5.74) is 1.77. The number of benzene rings is 2. The first-order valence-corrected chi connectivity index (χ1v) is 7.69. The van der Waals surface area contributed by atoms with E-state index in [9.17, 15) is 4.79 Å². The average Bonchev–Trinajstić information content (AvgIpc) is 3.20.